The molecule has 0 spiro atoms. The van der Waals surface area contributed by atoms with Crippen molar-refractivity contribution in [3.63, 3.8) is 0 Å². The molecule has 0 aromatic carbocycles. The minimum atomic E-state index is -0.643. The maximum Gasteiger partial charge on any atom is 0.306 e. The first-order valence-corrected chi connectivity index (χ1v) is 7.89. The van der Waals surface area contributed by atoms with E-state index in [-0.39, 0.29) is 60.7 Å². The van der Waals surface area contributed by atoms with Crippen LogP contribution in [0.3, 0.4) is 0 Å². The molecule has 0 aromatic rings. The zero-order valence-corrected chi connectivity index (χ0v) is 18.7. The van der Waals surface area contributed by atoms with Crippen molar-refractivity contribution in [2.45, 2.75) is 79.1 Å². The number of carboxylic acids is 2. The van der Waals surface area contributed by atoms with Crippen LogP contribution in [-0.2, 0) is 9.59 Å². The molecule has 0 aliphatic rings. The molecule has 0 aliphatic heterocycles. The van der Waals surface area contributed by atoms with Gasteiger partial charge in [0.15, 0.2) is 0 Å². The van der Waals surface area contributed by atoms with E-state index >= 15 is 0 Å². The fourth-order valence-corrected chi connectivity index (χ4v) is 1.91. The van der Waals surface area contributed by atoms with Crippen LogP contribution in [0.2, 0.25) is 0 Å². The van der Waals surface area contributed by atoms with Gasteiger partial charge in [0.2, 0.25) is 0 Å². The summed E-state index contributed by atoms with van der Waals surface area (Å²) in [4.78, 5) is 20.9. The second-order valence-corrected chi connectivity index (χ2v) is 5.17. The Kier molecular flexibility index (Phi) is 23.3. The molecule has 2 unspecified atom stereocenters. The zero-order valence-electron chi connectivity index (χ0n) is 14.2. The summed E-state index contributed by atoms with van der Waals surface area (Å²) in [7, 11) is 0. The van der Waals surface area contributed by atoms with Crippen LogP contribution < -0.4 is 0 Å². The van der Waals surface area contributed by atoms with Crippen molar-refractivity contribution in [3.8, 4) is 0 Å². The van der Waals surface area contributed by atoms with E-state index in [1.807, 2.05) is 13.8 Å². The van der Waals surface area contributed by atoms with Crippen molar-refractivity contribution in [2.75, 3.05) is 0 Å². The molecule has 5 heteroatoms. The third-order valence-electron chi connectivity index (χ3n) is 3.50. The van der Waals surface area contributed by atoms with E-state index in [9.17, 15) is 9.59 Å². The summed E-state index contributed by atoms with van der Waals surface area (Å²) in [6.45, 7) is 8.01. The Morgan fingerprint density at radius 2 is 1.05 bits per heavy atom. The van der Waals surface area contributed by atoms with Crippen LogP contribution in [0, 0.1) is 11.8 Å². The second kappa shape index (κ2) is 18.6. The zero-order chi connectivity index (χ0) is 16.0. The number of hydrogen-bond acceptors (Lipinski definition) is 2. The Morgan fingerprint density at radius 1 is 0.762 bits per heavy atom. The van der Waals surface area contributed by atoms with Gasteiger partial charge >= 0.3 is 11.9 Å². The Bertz CT molecular complexity index is 231. The summed E-state index contributed by atoms with van der Waals surface area (Å²) in [6.07, 6.45) is 7.43. The SMILES string of the molecule is CCCCC(CC)C(=O)O.CCCCC(CC)C(=O)O.[Ba]. The van der Waals surface area contributed by atoms with Gasteiger partial charge in [-0.3, -0.25) is 9.59 Å². The summed E-state index contributed by atoms with van der Waals surface area (Å²) in [5, 5.41) is 17.2. The van der Waals surface area contributed by atoms with E-state index < -0.39 is 11.9 Å². The van der Waals surface area contributed by atoms with Gasteiger partial charge in [0.1, 0.15) is 0 Å². The average Bonchev–Trinajstić information content (AvgIpc) is 2.40. The first-order valence-electron chi connectivity index (χ1n) is 7.89. The molecule has 0 amide bonds. The van der Waals surface area contributed by atoms with Crippen LogP contribution in [-0.4, -0.2) is 71.0 Å². The number of rotatable bonds is 10. The van der Waals surface area contributed by atoms with E-state index in [4.69, 9.17) is 10.2 Å². The summed E-state index contributed by atoms with van der Waals surface area (Å²) >= 11 is 0. The molecule has 21 heavy (non-hydrogen) atoms. The van der Waals surface area contributed by atoms with Crippen molar-refractivity contribution >= 4 is 60.8 Å². The third-order valence-corrected chi connectivity index (χ3v) is 3.50. The quantitative estimate of drug-likeness (QED) is 0.515. The third kappa shape index (κ3) is 16.7. The molecule has 0 rings (SSSR count). The van der Waals surface area contributed by atoms with E-state index in [1.54, 1.807) is 0 Å². The van der Waals surface area contributed by atoms with Gasteiger partial charge in [0.05, 0.1) is 11.8 Å². The van der Waals surface area contributed by atoms with Gasteiger partial charge in [-0.05, 0) is 25.7 Å². The smallest absolute Gasteiger partial charge is 0.306 e. The molecule has 0 saturated carbocycles. The van der Waals surface area contributed by atoms with Crippen molar-refractivity contribution in [3.05, 3.63) is 0 Å². The van der Waals surface area contributed by atoms with E-state index in [0.717, 1.165) is 51.4 Å². The van der Waals surface area contributed by atoms with Crippen molar-refractivity contribution in [1.82, 2.24) is 0 Å². The number of carboxylic acid groups (broad SMARTS) is 2. The Balaban J connectivity index is -0.000000295. The molecule has 0 fully saturated rings. The normalized spacial score (nSPS) is 12.4. The maximum absolute atomic E-state index is 10.4. The van der Waals surface area contributed by atoms with Crippen molar-refractivity contribution < 1.29 is 19.8 Å². The molecule has 0 aliphatic carbocycles. The van der Waals surface area contributed by atoms with Crippen LogP contribution in [0.1, 0.15) is 79.1 Å². The van der Waals surface area contributed by atoms with Gasteiger partial charge in [-0.25, -0.2) is 0 Å². The van der Waals surface area contributed by atoms with Crippen LogP contribution in [0.25, 0.3) is 0 Å². The first kappa shape index (κ1) is 26.4. The number of hydrogen-bond donors (Lipinski definition) is 2. The van der Waals surface area contributed by atoms with E-state index in [0.29, 0.717) is 0 Å². The van der Waals surface area contributed by atoms with Crippen LogP contribution in [0.15, 0.2) is 0 Å². The number of aliphatic carboxylic acids is 2. The number of carbonyl (C=O) groups is 2. The van der Waals surface area contributed by atoms with Crippen LogP contribution in [0.5, 0.6) is 0 Å². The summed E-state index contributed by atoms with van der Waals surface area (Å²) in [6, 6.07) is 0. The first-order chi connectivity index (χ1) is 9.44. The van der Waals surface area contributed by atoms with Gasteiger partial charge in [0, 0.05) is 48.9 Å². The Labute approximate surface area is 170 Å². The van der Waals surface area contributed by atoms with Gasteiger partial charge in [-0.1, -0.05) is 53.4 Å². The van der Waals surface area contributed by atoms with Gasteiger partial charge < -0.3 is 10.2 Å². The summed E-state index contributed by atoms with van der Waals surface area (Å²) < 4.78 is 0. The summed E-state index contributed by atoms with van der Waals surface area (Å²) in [5.41, 5.74) is 0. The molecule has 122 valence electrons. The molecule has 4 nitrogen and oxygen atoms in total. The van der Waals surface area contributed by atoms with E-state index in [1.165, 1.54) is 0 Å². The van der Waals surface area contributed by atoms with Crippen molar-refractivity contribution in [2.24, 2.45) is 11.8 Å². The fraction of sp³-hybridized carbons (Fsp3) is 0.875. The minimum absolute atomic E-state index is 0. The van der Waals surface area contributed by atoms with Crippen LogP contribution >= 0.6 is 0 Å². The van der Waals surface area contributed by atoms with Crippen LogP contribution in [0.4, 0.5) is 0 Å². The predicted octanol–water partition coefficient (Wildman–Crippen LogP) is 4.19. The molecule has 2 radical (unpaired) electrons. The fourth-order valence-electron chi connectivity index (χ4n) is 1.91. The molecular weight excluding hydrogens is 394 g/mol. The van der Waals surface area contributed by atoms with E-state index in [2.05, 4.69) is 13.8 Å². The largest absolute Gasteiger partial charge is 0.481 e. The minimum Gasteiger partial charge on any atom is -0.481 e. The molecular formula is C16H32BaO4. The van der Waals surface area contributed by atoms with Gasteiger partial charge in [0.25, 0.3) is 0 Å². The molecule has 0 aromatic heterocycles. The van der Waals surface area contributed by atoms with Gasteiger partial charge in [-0.15, -0.1) is 0 Å². The predicted molar refractivity (Wildman–Crippen MR) is 87.6 cm³/mol. The Hall–Kier alpha value is 0.511. The monoisotopic (exact) mass is 426 g/mol. The van der Waals surface area contributed by atoms with Gasteiger partial charge in [-0.2, -0.15) is 0 Å². The summed E-state index contributed by atoms with van der Waals surface area (Å²) in [5.74, 6) is -1.51. The molecule has 0 bridgehead atoms. The molecule has 0 heterocycles. The van der Waals surface area contributed by atoms with Crippen molar-refractivity contribution in [1.29, 1.82) is 0 Å². The standard InChI is InChI=1S/2C8H16O2.Ba/c2*1-3-5-6-7(4-2)8(9)10;/h2*7H,3-6H2,1-2H3,(H,9,10);. The molecule has 2 N–H and O–H groups in total. The second-order valence-electron chi connectivity index (χ2n) is 5.17. The topological polar surface area (TPSA) is 74.6 Å². The molecule has 0 saturated heterocycles. The Morgan fingerprint density at radius 3 is 1.19 bits per heavy atom. The average molecular weight is 426 g/mol. The number of unbranched alkanes of at least 4 members (excludes halogenated alkanes) is 2. The maximum atomic E-state index is 10.4. The molecule has 2 atom stereocenters.